The Balaban J connectivity index is 1.83. The minimum Gasteiger partial charge on any atom is -0.457 e. The minimum absolute atomic E-state index is 0.132. The number of ether oxygens (including phenoxy) is 1. The highest BCUT2D eigenvalue weighted by Gasteiger charge is 2.25. The average Bonchev–Trinajstić information content (AvgIpc) is 2.99. The van der Waals surface area contributed by atoms with Gasteiger partial charge < -0.3 is 4.74 Å². The van der Waals surface area contributed by atoms with Gasteiger partial charge in [-0.3, -0.25) is 5.41 Å². The van der Waals surface area contributed by atoms with Crippen molar-refractivity contribution in [1.82, 2.24) is 5.01 Å². The third kappa shape index (κ3) is 2.87. The molecule has 1 aliphatic carbocycles. The quantitative estimate of drug-likeness (QED) is 0.364. The normalized spacial score (nSPS) is 15.7. The lowest BCUT2D eigenvalue weighted by Crippen LogP contribution is -2.20. The van der Waals surface area contributed by atoms with Crippen LogP contribution in [0.25, 0.3) is 0 Å². The largest absolute Gasteiger partial charge is 0.457 e. The van der Waals surface area contributed by atoms with Crippen LogP contribution in [-0.2, 0) is 6.42 Å². The van der Waals surface area contributed by atoms with E-state index in [2.05, 4.69) is 5.22 Å². The molecule has 3 rings (SSSR count). The molecule has 0 spiro atoms. The maximum atomic E-state index is 14.0. The van der Waals surface area contributed by atoms with Crippen LogP contribution in [0.3, 0.4) is 0 Å². The summed E-state index contributed by atoms with van der Waals surface area (Å²) >= 11 is 0. The molecule has 0 saturated heterocycles. The van der Waals surface area contributed by atoms with Gasteiger partial charge in [0.25, 0.3) is 0 Å². The van der Waals surface area contributed by atoms with Crippen LogP contribution >= 0.6 is 0 Å². The fourth-order valence-electron chi connectivity index (χ4n) is 3.05. The van der Waals surface area contributed by atoms with Gasteiger partial charge in [0.1, 0.15) is 23.2 Å². The molecule has 24 heavy (non-hydrogen) atoms. The molecular formula is C18H19FN4O. The predicted octanol–water partition coefficient (Wildman–Crippen LogP) is 4.87. The van der Waals surface area contributed by atoms with Crippen molar-refractivity contribution in [2.45, 2.75) is 25.7 Å². The van der Waals surface area contributed by atoms with Gasteiger partial charge in [0.05, 0.1) is 0 Å². The maximum Gasteiger partial charge on any atom is 0.149 e. The number of nitrogens with one attached hydrogen (secondary N) is 2. The lowest BCUT2D eigenvalue weighted by Gasteiger charge is -2.14. The van der Waals surface area contributed by atoms with Crippen LogP contribution in [0.4, 0.5) is 4.39 Å². The third-order valence-electron chi connectivity index (χ3n) is 4.41. The van der Waals surface area contributed by atoms with E-state index in [-0.39, 0.29) is 17.6 Å². The molecule has 6 heteroatoms. The molecule has 0 unspecified atom stereocenters. The number of amidine groups is 1. The average molecular weight is 326 g/mol. The Morgan fingerprint density at radius 3 is 2.62 bits per heavy atom. The van der Waals surface area contributed by atoms with E-state index in [9.17, 15) is 4.39 Å². The van der Waals surface area contributed by atoms with Crippen molar-refractivity contribution < 1.29 is 9.13 Å². The van der Waals surface area contributed by atoms with Crippen LogP contribution in [0.5, 0.6) is 11.5 Å². The van der Waals surface area contributed by atoms with Gasteiger partial charge in [-0.2, -0.15) is 5.53 Å². The van der Waals surface area contributed by atoms with E-state index in [1.54, 1.807) is 37.4 Å². The summed E-state index contributed by atoms with van der Waals surface area (Å²) in [5.41, 5.74) is 9.30. The number of hydrogen-bond donors (Lipinski definition) is 2. The molecule has 5 nitrogen and oxygen atoms in total. The fraction of sp³-hybridized carbons (Fsp3) is 0.278. The third-order valence-corrected chi connectivity index (χ3v) is 4.41. The van der Waals surface area contributed by atoms with Crippen molar-refractivity contribution in [3.63, 3.8) is 0 Å². The standard InChI is InChI=1S/C18H19FN4O/c1-11-3-8-14-16(10-9-15(19)17(11)14)24-13-6-4-12(5-7-13)18(20)23(2)22-21/h4-7,9-11,20-21H,3,8H2,1-2H3/t11-/m1/s1. The Labute approximate surface area is 140 Å². The summed E-state index contributed by atoms with van der Waals surface area (Å²) in [6, 6.07) is 10.1. The Morgan fingerprint density at radius 1 is 1.25 bits per heavy atom. The number of halogens is 1. The smallest absolute Gasteiger partial charge is 0.149 e. The van der Waals surface area contributed by atoms with Gasteiger partial charge >= 0.3 is 0 Å². The molecular weight excluding hydrogens is 307 g/mol. The van der Waals surface area contributed by atoms with Crippen LogP contribution in [0, 0.1) is 16.8 Å². The van der Waals surface area contributed by atoms with Crippen molar-refractivity contribution in [1.29, 1.82) is 10.9 Å². The van der Waals surface area contributed by atoms with E-state index in [0.29, 0.717) is 17.1 Å². The van der Waals surface area contributed by atoms with Crippen molar-refractivity contribution in [3.8, 4) is 11.5 Å². The van der Waals surface area contributed by atoms with E-state index in [0.717, 1.165) is 24.0 Å². The van der Waals surface area contributed by atoms with Crippen molar-refractivity contribution in [2.24, 2.45) is 5.22 Å². The molecule has 0 aromatic heterocycles. The van der Waals surface area contributed by atoms with Gasteiger partial charge in [-0.05, 0) is 60.7 Å². The van der Waals surface area contributed by atoms with Gasteiger partial charge in [0, 0.05) is 18.2 Å². The summed E-state index contributed by atoms with van der Waals surface area (Å²) in [6.07, 6.45) is 1.76. The number of hydrogen-bond acceptors (Lipinski definition) is 4. The Bertz CT molecular complexity index is 788. The second-order valence-corrected chi connectivity index (χ2v) is 5.98. The molecule has 0 fully saturated rings. The number of rotatable bonds is 4. The zero-order chi connectivity index (χ0) is 17.3. The summed E-state index contributed by atoms with van der Waals surface area (Å²) in [6.45, 7) is 2.03. The summed E-state index contributed by atoms with van der Waals surface area (Å²) in [7, 11) is 1.54. The van der Waals surface area contributed by atoms with Crippen molar-refractivity contribution in [2.75, 3.05) is 7.05 Å². The highest BCUT2D eigenvalue weighted by atomic mass is 19.1. The summed E-state index contributed by atoms with van der Waals surface area (Å²) in [5.74, 6) is 1.51. The topological polar surface area (TPSA) is 72.5 Å². The molecule has 124 valence electrons. The maximum absolute atomic E-state index is 14.0. The van der Waals surface area contributed by atoms with Crippen molar-refractivity contribution >= 4 is 5.84 Å². The van der Waals surface area contributed by atoms with Gasteiger partial charge in [0.15, 0.2) is 0 Å². The van der Waals surface area contributed by atoms with Gasteiger partial charge in [0.2, 0.25) is 0 Å². The van der Waals surface area contributed by atoms with E-state index >= 15 is 0 Å². The molecule has 1 atom stereocenters. The van der Waals surface area contributed by atoms with E-state index in [1.165, 1.54) is 11.1 Å². The summed E-state index contributed by atoms with van der Waals surface area (Å²) in [5, 5.41) is 12.3. The number of benzene rings is 2. The molecule has 0 aliphatic heterocycles. The number of nitrogens with zero attached hydrogens (tertiary/aromatic N) is 2. The monoisotopic (exact) mass is 326 g/mol. The second-order valence-electron chi connectivity index (χ2n) is 5.98. The predicted molar refractivity (Wildman–Crippen MR) is 89.4 cm³/mol. The minimum atomic E-state index is -0.159. The molecule has 0 bridgehead atoms. The first-order chi connectivity index (χ1) is 11.5. The second kappa shape index (κ2) is 6.39. The first kappa shape index (κ1) is 16.1. The zero-order valence-electron chi connectivity index (χ0n) is 13.6. The molecule has 0 saturated carbocycles. The Hall–Kier alpha value is -2.76. The van der Waals surface area contributed by atoms with Crippen LogP contribution in [0.15, 0.2) is 41.6 Å². The van der Waals surface area contributed by atoms with Gasteiger partial charge in [-0.1, -0.05) is 12.1 Å². The van der Waals surface area contributed by atoms with E-state index in [1.807, 2.05) is 6.92 Å². The molecule has 1 aliphatic rings. The SMILES string of the molecule is C[C@@H]1CCc2c(Oc3ccc(C(=N)N(C)N=N)cc3)ccc(F)c21. The number of fused-ring (bicyclic) bond motifs is 1. The van der Waals surface area contributed by atoms with Crippen LogP contribution < -0.4 is 4.74 Å². The van der Waals surface area contributed by atoms with Crippen molar-refractivity contribution in [3.05, 3.63) is 58.9 Å². The highest BCUT2D eigenvalue weighted by Crippen LogP contribution is 2.41. The first-order valence-corrected chi connectivity index (χ1v) is 7.80. The summed E-state index contributed by atoms with van der Waals surface area (Å²) in [4.78, 5) is 0. The van der Waals surface area contributed by atoms with Gasteiger partial charge in [-0.25, -0.2) is 9.40 Å². The lowest BCUT2D eigenvalue weighted by molar-refractivity contribution is 0.473. The van der Waals surface area contributed by atoms with E-state index in [4.69, 9.17) is 15.7 Å². The van der Waals surface area contributed by atoms with E-state index < -0.39 is 0 Å². The zero-order valence-corrected chi connectivity index (χ0v) is 13.6. The van der Waals surface area contributed by atoms with Crippen LogP contribution in [0.1, 0.15) is 36.0 Å². The molecule has 0 radical (unpaired) electrons. The Kier molecular flexibility index (Phi) is 4.29. The molecule has 2 N–H and O–H groups in total. The lowest BCUT2D eigenvalue weighted by atomic mass is 10.0. The highest BCUT2D eigenvalue weighted by molar-refractivity contribution is 5.95. The fourth-order valence-corrected chi connectivity index (χ4v) is 3.05. The molecule has 2 aromatic carbocycles. The van der Waals surface area contributed by atoms with Gasteiger partial charge in [-0.15, -0.1) is 0 Å². The first-order valence-electron chi connectivity index (χ1n) is 7.80. The summed E-state index contributed by atoms with van der Waals surface area (Å²) < 4.78 is 19.9. The Morgan fingerprint density at radius 2 is 1.96 bits per heavy atom. The molecule has 0 amide bonds. The molecule has 0 heterocycles. The van der Waals surface area contributed by atoms with Crippen LogP contribution in [0.2, 0.25) is 0 Å². The molecule has 2 aromatic rings. The van der Waals surface area contributed by atoms with Crippen LogP contribution in [-0.4, -0.2) is 17.9 Å².